The van der Waals surface area contributed by atoms with Gasteiger partial charge >= 0.3 is 12.1 Å². The van der Waals surface area contributed by atoms with E-state index in [2.05, 4.69) is 46.6 Å². The first-order chi connectivity index (χ1) is 26.5. The van der Waals surface area contributed by atoms with Gasteiger partial charge in [-0.15, -0.1) is 23.1 Å². The second-order valence-corrected chi connectivity index (χ2v) is 16.6. The number of carbonyl (C=O) groups is 3. The smallest absolute Gasteiger partial charge is 0.407 e. The van der Waals surface area contributed by atoms with Crippen LogP contribution in [-0.4, -0.2) is 103 Å². The van der Waals surface area contributed by atoms with Crippen molar-refractivity contribution < 1.29 is 23.9 Å². The van der Waals surface area contributed by atoms with E-state index in [1.54, 1.807) is 30.5 Å². The third kappa shape index (κ3) is 16.7. The summed E-state index contributed by atoms with van der Waals surface area (Å²) in [7, 11) is 1.68. The number of nitrogens with two attached hydrogens (primary N) is 1. The Balaban J connectivity index is 1.46. The zero-order chi connectivity index (χ0) is 39.4. The van der Waals surface area contributed by atoms with Crippen LogP contribution in [0.3, 0.4) is 0 Å². The number of amides is 4. The summed E-state index contributed by atoms with van der Waals surface area (Å²) in [5, 5.41) is 11.7. The fourth-order valence-corrected chi connectivity index (χ4v) is 7.29. The van der Waals surface area contributed by atoms with Crippen molar-refractivity contribution in [3.05, 3.63) is 99.5 Å². The molecular weight excluding hydrogens is 735 g/mol. The van der Waals surface area contributed by atoms with Crippen molar-refractivity contribution in [3.8, 4) is 0 Å². The number of morpholine rings is 1. The molecule has 14 heteroatoms. The summed E-state index contributed by atoms with van der Waals surface area (Å²) in [5.74, 6) is 0.242. The number of hydrogen-bond donors (Lipinski definition) is 4. The van der Waals surface area contributed by atoms with Crippen LogP contribution < -0.4 is 21.7 Å². The van der Waals surface area contributed by atoms with E-state index in [1.807, 2.05) is 66.1 Å². The Bertz CT molecular complexity index is 1590. The number of benzene rings is 2. The number of thiazole rings is 1. The molecule has 55 heavy (non-hydrogen) atoms. The second-order valence-electron chi connectivity index (χ2n) is 14.4. The lowest BCUT2D eigenvalue weighted by molar-refractivity contribution is -0.124. The summed E-state index contributed by atoms with van der Waals surface area (Å²) >= 11 is 3.08. The number of hydrogen-bond acceptors (Lipinski definition) is 10. The van der Waals surface area contributed by atoms with Crippen LogP contribution in [0.1, 0.15) is 56.0 Å². The molecule has 5 N–H and O–H groups in total. The van der Waals surface area contributed by atoms with Crippen LogP contribution in [0.15, 0.2) is 83.5 Å². The van der Waals surface area contributed by atoms with Gasteiger partial charge in [0, 0.05) is 55.9 Å². The average Bonchev–Trinajstić information content (AvgIpc) is 3.71. The summed E-state index contributed by atoms with van der Waals surface area (Å²) in [6.07, 6.45) is 3.95. The third-order valence-electron chi connectivity index (χ3n) is 9.60. The van der Waals surface area contributed by atoms with Gasteiger partial charge in [-0.1, -0.05) is 81.4 Å². The molecule has 4 unspecified atom stereocenters. The fraction of sp³-hybridized carbons (Fsp3) is 0.512. The number of nitrogens with zero attached hydrogens (tertiary/aromatic N) is 3. The Morgan fingerprint density at radius 1 is 0.945 bits per heavy atom. The topological polar surface area (TPSA) is 151 Å². The van der Waals surface area contributed by atoms with Crippen LogP contribution in [0.5, 0.6) is 0 Å². The monoisotopic (exact) mass is 793 g/mol. The van der Waals surface area contributed by atoms with Gasteiger partial charge < -0.3 is 36.1 Å². The fourth-order valence-electron chi connectivity index (χ4n) is 6.01. The van der Waals surface area contributed by atoms with Gasteiger partial charge in [0.25, 0.3) is 0 Å². The standard InChI is InChI=1S/C41H59N7O5S2/c1-30(2)31(3)54-28-34(42)26-47(4)40(50)46-38(17-18-48-19-21-52-22-20-48)39(49)44-35(23-32-11-7-5-8-12-32)15-16-36(24-33-13-9-6-10-14-33)45-41(51)53-27-37-25-43-29-55-37/h5-14,25,28-31,35-36,38H,15-24,26-27,42H2,1-4H3,(H,44,49)(H,45,51)(H,46,50)/b34-28-. The minimum absolute atomic E-state index is 0.146. The summed E-state index contributed by atoms with van der Waals surface area (Å²) in [6.45, 7) is 10.3. The molecule has 4 rings (SSSR count). The van der Waals surface area contributed by atoms with E-state index in [-0.39, 0.29) is 37.2 Å². The summed E-state index contributed by atoms with van der Waals surface area (Å²) in [6, 6.07) is 18.3. The van der Waals surface area contributed by atoms with Gasteiger partial charge in [-0.3, -0.25) is 14.7 Å². The van der Waals surface area contributed by atoms with Crippen LogP contribution in [0.2, 0.25) is 0 Å². The van der Waals surface area contributed by atoms with E-state index in [0.717, 1.165) is 29.1 Å². The van der Waals surface area contributed by atoms with Crippen molar-refractivity contribution in [3.63, 3.8) is 0 Å². The van der Waals surface area contributed by atoms with Crippen molar-refractivity contribution >= 4 is 41.1 Å². The van der Waals surface area contributed by atoms with Crippen LogP contribution in [0, 0.1) is 5.92 Å². The maximum absolute atomic E-state index is 14.2. The number of urea groups is 1. The second kappa shape index (κ2) is 23.7. The quantitative estimate of drug-likeness (QED) is 0.105. The molecule has 0 saturated carbocycles. The number of thioether (sulfide) groups is 1. The molecule has 300 valence electrons. The first-order valence-corrected chi connectivity index (χ1v) is 21.0. The molecule has 1 aliphatic rings. The number of carbonyl (C=O) groups excluding carboxylic acids is 3. The Morgan fingerprint density at radius 3 is 2.15 bits per heavy atom. The van der Waals surface area contributed by atoms with Crippen LogP contribution in [0.4, 0.5) is 9.59 Å². The Kier molecular flexibility index (Phi) is 18.8. The van der Waals surface area contributed by atoms with Crippen molar-refractivity contribution in [1.29, 1.82) is 0 Å². The molecule has 4 atom stereocenters. The molecule has 1 aromatic heterocycles. The third-order valence-corrected chi connectivity index (χ3v) is 11.8. The Labute approximate surface area is 335 Å². The molecule has 0 spiro atoms. The van der Waals surface area contributed by atoms with Crippen LogP contribution in [0.25, 0.3) is 0 Å². The highest BCUT2D eigenvalue weighted by molar-refractivity contribution is 8.02. The van der Waals surface area contributed by atoms with Gasteiger partial charge in [0.05, 0.1) is 30.1 Å². The molecule has 1 saturated heterocycles. The first-order valence-electron chi connectivity index (χ1n) is 19.2. The molecule has 3 aromatic rings. The zero-order valence-electron chi connectivity index (χ0n) is 32.7. The molecule has 0 radical (unpaired) electrons. The average molecular weight is 794 g/mol. The molecule has 2 heterocycles. The lowest BCUT2D eigenvalue weighted by atomic mass is 9.95. The van der Waals surface area contributed by atoms with Crippen LogP contribution in [-0.2, 0) is 33.7 Å². The predicted octanol–water partition coefficient (Wildman–Crippen LogP) is 5.80. The normalized spacial score (nSPS) is 15.8. The van der Waals surface area contributed by atoms with E-state index >= 15 is 0 Å². The van der Waals surface area contributed by atoms with Gasteiger partial charge in [0.15, 0.2) is 0 Å². The highest BCUT2D eigenvalue weighted by atomic mass is 32.2. The SMILES string of the molecule is CC(C)C(C)S/C=C(\N)CN(C)C(=O)NC(CCN1CCOCC1)C(=O)NC(CCC(Cc1ccccc1)NC(=O)OCc1cncs1)Cc1ccccc1. The Morgan fingerprint density at radius 2 is 1.56 bits per heavy atom. The van der Waals surface area contributed by atoms with E-state index in [4.69, 9.17) is 15.2 Å². The minimum atomic E-state index is -0.781. The van der Waals surface area contributed by atoms with E-state index < -0.39 is 12.1 Å². The molecule has 1 fully saturated rings. The minimum Gasteiger partial charge on any atom is -0.444 e. The lowest BCUT2D eigenvalue weighted by Crippen LogP contribution is -2.54. The number of alkyl carbamates (subject to hydrolysis) is 1. The van der Waals surface area contributed by atoms with E-state index in [0.29, 0.717) is 68.7 Å². The highest BCUT2D eigenvalue weighted by Crippen LogP contribution is 2.20. The van der Waals surface area contributed by atoms with Gasteiger partial charge in [0.1, 0.15) is 12.6 Å². The van der Waals surface area contributed by atoms with E-state index in [9.17, 15) is 14.4 Å². The molecule has 1 aliphatic heterocycles. The molecule has 12 nitrogen and oxygen atoms in total. The van der Waals surface area contributed by atoms with Gasteiger partial charge in [-0.25, -0.2) is 9.59 Å². The van der Waals surface area contributed by atoms with Crippen molar-refractivity contribution in [2.24, 2.45) is 11.7 Å². The van der Waals surface area contributed by atoms with Crippen molar-refractivity contribution in [1.82, 2.24) is 30.7 Å². The zero-order valence-corrected chi connectivity index (χ0v) is 34.3. The van der Waals surface area contributed by atoms with Gasteiger partial charge in [-0.2, -0.15) is 0 Å². The highest BCUT2D eigenvalue weighted by Gasteiger charge is 2.27. The number of rotatable bonds is 21. The van der Waals surface area contributed by atoms with Crippen molar-refractivity contribution in [2.75, 3.05) is 46.4 Å². The number of nitrogens with one attached hydrogen (secondary N) is 3. The number of ether oxygens (including phenoxy) is 2. The molecule has 0 bridgehead atoms. The summed E-state index contributed by atoms with van der Waals surface area (Å²) < 4.78 is 11.1. The number of likely N-dealkylation sites (N-methyl/N-ethyl adjacent to an activating group) is 1. The molecule has 4 amide bonds. The lowest BCUT2D eigenvalue weighted by Gasteiger charge is -2.30. The van der Waals surface area contributed by atoms with Crippen LogP contribution >= 0.6 is 23.1 Å². The Hall–Kier alpha value is -4.11. The maximum Gasteiger partial charge on any atom is 0.407 e. The molecule has 2 aromatic carbocycles. The summed E-state index contributed by atoms with van der Waals surface area (Å²) in [5.41, 5.74) is 10.7. The maximum atomic E-state index is 14.2. The van der Waals surface area contributed by atoms with Crippen molar-refractivity contribution in [2.45, 2.75) is 82.9 Å². The largest absolute Gasteiger partial charge is 0.444 e. The van der Waals surface area contributed by atoms with Gasteiger partial charge in [0.2, 0.25) is 5.91 Å². The predicted molar refractivity (Wildman–Crippen MR) is 222 cm³/mol. The van der Waals surface area contributed by atoms with E-state index in [1.165, 1.54) is 16.2 Å². The van der Waals surface area contributed by atoms with Gasteiger partial charge in [-0.05, 0) is 54.6 Å². The first kappa shape index (κ1) is 43.6. The summed E-state index contributed by atoms with van der Waals surface area (Å²) in [4.78, 5) is 49.4. The number of aromatic nitrogens is 1. The molecular formula is C41H59N7O5S2. The molecule has 0 aliphatic carbocycles.